The SMILES string of the molecule is Cn1c(-c2ccccc2O)nc2c(-c3cc(-c4ccccc4)cc(-c4cc(-c5ccccc5)ccn4)c3)nccc21. The van der Waals surface area contributed by atoms with Gasteiger partial charge in [-0.15, -0.1) is 0 Å². The van der Waals surface area contributed by atoms with E-state index in [4.69, 9.17) is 15.0 Å². The first-order valence-electron chi connectivity index (χ1n) is 13.5. The van der Waals surface area contributed by atoms with Gasteiger partial charge in [-0.25, -0.2) is 4.98 Å². The van der Waals surface area contributed by atoms with Gasteiger partial charge in [-0.3, -0.25) is 9.97 Å². The van der Waals surface area contributed by atoms with Crippen molar-refractivity contribution in [3.05, 3.63) is 134 Å². The molecule has 0 bridgehead atoms. The van der Waals surface area contributed by atoms with E-state index in [2.05, 4.69) is 48.5 Å². The van der Waals surface area contributed by atoms with E-state index >= 15 is 0 Å². The van der Waals surface area contributed by atoms with Gasteiger partial charge in [-0.1, -0.05) is 72.8 Å². The molecule has 0 unspecified atom stereocenters. The van der Waals surface area contributed by atoms with Crippen molar-refractivity contribution >= 4 is 11.0 Å². The van der Waals surface area contributed by atoms with Gasteiger partial charge < -0.3 is 9.67 Å². The molecule has 4 aromatic carbocycles. The molecule has 0 aliphatic heterocycles. The lowest BCUT2D eigenvalue weighted by atomic mass is 9.95. The van der Waals surface area contributed by atoms with Crippen molar-refractivity contribution in [1.29, 1.82) is 0 Å². The lowest BCUT2D eigenvalue weighted by Crippen LogP contribution is -1.93. The molecule has 41 heavy (non-hydrogen) atoms. The third-order valence-corrected chi connectivity index (χ3v) is 7.42. The normalized spacial score (nSPS) is 11.1. The monoisotopic (exact) mass is 530 g/mol. The largest absolute Gasteiger partial charge is 0.507 e. The van der Waals surface area contributed by atoms with Crippen molar-refractivity contribution in [2.45, 2.75) is 0 Å². The molecule has 0 saturated heterocycles. The number of phenolic OH excluding ortho intramolecular Hbond substituents is 1. The van der Waals surface area contributed by atoms with Crippen molar-refractivity contribution < 1.29 is 5.11 Å². The van der Waals surface area contributed by atoms with Crippen molar-refractivity contribution in [3.63, 3.8) is 0 Å². The fraction of sp³-hybridized carbons (Fsp3) is 0.0278. The standard InChI is InChI=1S/C36H26N4O/c1-40-32-17-19-38-34(35(32)39-36(40)30-14-8-9-15-33(30)41)29-21-27(25-12-6-3-7-13-25)20-28(22-29)31-23-26(16-18-37-31)24-10-4-2-5-11-24/h2-23,41H,1H3. The maximum atomic E-state index is 10.6. The molecule has 0 aliphatic rings. The van der Waals surface area contributed by atoms with Gasteiger partial charge in [-0.2, -0.15) is 0 Å². The number of phenols is 1. The molecule has 7 aromatic rings. The van der Waals surface area contributed by atoms with Crippen LogP contribution in [0.25, 0.3) is 67.2 Å². The van der Waals surface area contributed by atoms with Gasteiger partial charge in [0.05, 0.1) is 22.5 Å². The summed E-state index contributed by atoms with van der Waals surface area (Å²) >= 11 is 0. The number of hydrogen-bond donors (Lipinski definition) is 1. The Bertz CT molecular complexity index is 2010. The third-order valence-electron chi connectivity index (χ3n) is 7.42. The van der Waals surface area contributed by atoms with E-state index in [0.717, 1.165) is 55.8 Å². The van der Waals surface area contributed by atoms with Gasteiger partial charge in [0.2, 0.25) is 0 Å². The number of aromatic hydroxyl groups is 1. The van der Waals surface area contributed by atoms with Gasteiger partial charge in [0.15, 0.2) is 0 Å². The summed E-state index contributed by atoms with van der Waals surface area (Å²) in [4.78, 5) is 14.6. The van der Waals surface area contributed by atoms with Crippen LogP contribution in [0, 0.1) is 0 Å². The lowest BCUT2D eigenvalue weighted by molar-refractivity contribution is 0.476. The summed E-state index contributed by atoms with van der Waals surface area (Å²) < 4.78 is 2.00. The van der Waals surface area contributed by atoms with E-state index in [1.807, 2.05) is 90.7 Å². The number of benzene rings is 4. The zero-order chi connectivity index (χ0) is 27.8. The highest BCUT2D eigenvalue weighted by Gasteiger charge is 2.18. The highest BCUT2D eigenvalue weighted by atomic mass is 16.3. The maximum Gasteiger partial charge on any atom is 0.144 e. The summed E-state index contributed by atoms with van der Waals surface area (Å²) in [5, 5.41) is 10.6. The molecule has 0 aliphatic carbocycles. The quantitative estimate of drug-likeness (QED) is 0.243. The lowest BCUT2D eigenvalue weighted by Gasteiger charge is -2.12. The molecule has 0 radical (unpaired) electrons. The molecule has 1 N–H and O–H groups in total. The molecular formula is C36H26N4O. The summed E-state index contributed by atoms with van der Waals surface area (Å²) in [7, 11) is 1.96. The second-order valence-electron chi connectivity index (χ2n) is 10.00. The minimum absolute atomic E-state index is 0.193. The highest BCUT2D eigenvalue weighted by Crippen LogP contribution is 2.37. The molecule has 5 nitrogen and oxygen atoms in total. The van der Waals surface area contributed by atoms with Gasteiger partial charge in [-0.05, 0) is 70.8 Å². The fourth-order valence-electron chi connectivity index (χ4n) is 5.34. The molecule has 0 fully saturated rings. The van der Waals surface area contributed by atoms with Gasteiger partial charge in [0.25, 0.3) is 0 Å². The molecule has 0 saturated carbocycles. The van der Waals surface area contributed by atoms with Gasteiger partial charge >= 0.3 is 0 Å². The Balaban J connectivity index is 1.43. The number of aryl methyl sites for hydroxylation is 1. The number of para-hydroxylation sites is 1. The van der Waals surface area contributed by atoms with E-state index in [1.165, 1.54) is 0 Å². The van der Waals surface area contributed by atoms with Crippen LogP contribution in [0.15, 0.2) is 134 Å². The smallest absolute Gasteiger partial charge is 0.144 e. The van der Waals surface area contributed by atoms with E-state index in [-0.39, 0.29) is 5.75 Å². The molecule has 0 spiro atoms. The minimum Gasteiger partial charge on any atom is -0.507 e. The first kappa shape index (κ1) is 24.5. The molecule has 0 amide bonds. The van der Waals surface area contributed by atoms with E-state index in [0.29, 0.717) is 11.4 Å². The molecule has 3 heterocycles. The van der Waals surface area contributed by atoms with Crippen LogP contribution in [0.2, 0.25) is 0 Å². The van der Waals surface area contributed by atoms with Crippen LogP contribution in [0.1, 0.15) is 0 Å². The van der Waals surface area contributed by atoms with Crippen molar-refractivity contribution in [3.8, 4) is 61.9 Å². The number of imidazole rings is 1. The number of aromatic nitrogens is 4. The van der Waals surface area contributed by atoms with Crippen LogP contribution in [0.5, 0.6) is 5.75 Å². The highest BCUT2D eigenvalue weighted by molar-refractivity contribution is 5.94. The van der Waals surface area contributed by atoms with Gasteiger partial charge in [0.1, 0.15) is 17.1 Å². The third kappa shape index (κ3) is 4.53. The predicted molar refractivity (Wildman–Crippen MR) is 165 cm³/mol. The second kappa shape index (κ2) is 10.2. The van der Waals surface area contributed by atoms with E-state index in [9.17, 15) is 5.11 Å². The average molecular weight is 531 g/mol. The van der Waals surface area contributed by atoms with Crippen LogP contribution >= 0.6 is 0 Å². The Hall–Kier alpha value is -5.55. The summed E-state index contributed by atoms with van der Waals surface area (Å²) in [6.07, 6.45) is 3.68. The molecular weight excluding hydrogens is 504 g/mol. The molecule has 5 heteroatoms. The minimum atomic E-state index is 0.193. The number of hydrogen-bond acceptors (Lipinski definition) is 4. The zero-order valence-corrected chi connectivity index (χ0v) is 22.4. The van der Waals surface area contributed by atoms with Crippen LogP contribution in [0.4, 0.5) is 0 Å². The summed E-state index contributed by atoms with van der Waals surface area (Å²) in [5.41, 5.74) is 10.4. The number of rotatable bonds is 5. The predicted octanol–water partition coefficient (Wildman–Crippen LogP) is 8.40. The summed E-state index contributed by atoms with van der Waals surface area (Å²) in [5.74, 6) is 0.877. The van der Waals surface area contributed by atoms with E-state index < -0.39 is 0 Å². The first-order valence-corrected chi connectivity index (χ1v) is 13.5. The summed E-state index contributed by atoms with van der Waals surface area (Å²) in [6.45, 7) is 0. The number of fused-ring (bicyclic) bond motifs is 1. The average Bonchev–Trinajstić information content (AvgIpc) is 3.38. The topological polar surface area (TPSA) is 63.8 Å². The van der Waals surface area contributed by atoms with Crippen LogP contribution in [-0.2, 0) is 7.05 Å². The van der Waals surface area contributed by atoms with E-state index in [1.54, 1.807) is 6.07 Å². The van der Waals surface area contributed by atoms with Crippen molar-refractivity contribution in [1.82, 2.24) is 19.5 Å². The Kier molecular flexibility index (Phi) is 6.10. The molecule has 7 rings (SSSR count). The number of pyridine rings is 2. The van der Waals surface area contributed by atoms with Crippen LogP contribution < -0.4 is 0 Å². The van der Waals surface area contributed by atoms with Crippen molar-refractivity contribution in [2.75, 3.05) is 0 Å². The zero-order valence-electron chi connectivity index (χ0n) is 22.4. The number of nitrogens with zero attached hydrogens (tertiary/aromatic N) is 4. The first-order chi connectivity index (χ1) is 20.2. The Morgan fingerprint density at radius 3 is 1.95 bits per heavy atom. The second-order valence-corrected chi connectivity index (χ2v) is 10.00. The Morgan fingerprint density at radius 1 is 0.561 bits per heavy atom. The Labute approximate surface area is 238 Å². The molecule has 196 valence electrons. The van der Waals surface area contributed by atoms with Gasteiger partial charge in [0, 0.05) is 30.6 Å². The van der Waals surface area contributed by atoms with Crippen LogP contribution in [-0.4, -0.2) is 24.6 Å². The van der Waals surface area contributed by atoms with Crippen molar-refractivity contribution in [2.24, 2.45) is 7.05 Å². The molecule has 3 aromatic heterocycles. The van der Waals surface area contributed by atoms with Crippen LogP contribution in [0.3, 0.4) is 0 Å². The Morgan fingerprint density at radius 2 is 1.20 bits per heavy atom. The summed E-state index contributed by atoms with van der Waals surface area (Å²) in [6, 6.07) is 40.6. The molecule has 0 atom stereocenters. The fourth-order valence-corrected chi connectivity index (χ4v) is 5.34. The maximum absolute atomic E-state index is 10.6.